The van der Waals surface area contributed by atoms with Crippen LogP contribution < -0.4 is 11.1 Å². The molecule has 1 rings (SSSR count). The lowest BCUT2D eigenvalue weighted by Crippen LogP contribution is -2.40. The molecule has 0 aromatic heterocycles. The van der Waals surface area contributed by atoms with E-state index in [2.05, 4.69) is 10.5 Å². The van der Waals surface area contributed by atoms with Crippen molar-refractivity contribution in [1.82, 2.24) is 5.32 Å². The number of carbonyl (C=O) groups is 1. The third kappa shape index (κ3) is 3.72. The number of nitrogens with two attached hydrogens (primary N) is 1. The Hall–Kier alpha value is -1.26. The molecule has 1 amide bonds. The van der Waals surface area contributed by atoms with Crippen LogP contribution in [0.15, 0.2) is 5.16 Å². The van der Waals surface area contributed by atoms with Crippen LogP contribution in [0.1, 0.15) is 39.5 Å². The van der Waals surface area contributed by atoms with E-state index in [4.69, 9.17) is 10.9 Å². The fourth-order valence-electron chi connectivity index (χ4n) is 1.73. The van der Waals surface area contributed by atoms with Gasteiger partial charge in [-0.1, -0.05) is 19.0 Å². The van der Waals surface area contributed by atoms with Crippen LogP contribution in [0.25, 0.3) is 0 Å². The van der Waals surface area contributed by atoms with E-state index in [0.717, 1.165) is 19.3 Å². The molecule has 2 unspecified atom stereocenters. The van der Waals surface area contributed by atoms with Crippen LogP contribution in [0, 0.1) is 11.8 Å². The van der Waals surface area contributed by atoms with Gasteiger partial charge in [-0.3, -0.25) is 4.79 Å². The minimum absolute atomic E-state index is 0.0374. The molecule has 0 aliphatic heterocycles. The summed E-state index contributed by atoms with van der Waals surface area (Å²) in [5, 5.41) is 14.3. The molecular weight excluding hydrogens is 206 g/mol. The lowest BCUT2D eigenvalue weighted by molar-refractivity contribution is -0.125. The molecule has 4 N–H and O–H groups in total. The average molecular weight is 227 g/mol. The molecule has 92 valence electrons. The molecule has 1 fully saturated rings. The van der Waals surface area contributed by atoms with E-state index in [-0.39, 0.29) is 23.7 Å². The molecule has 0 spiro atoms. The maximum absolute atomic E-state index is 11.8. The van der Waals surface area contributed by atoms with E-state index in [1.54, 1.807) is 0 Å². The topological polar surface area (TPSA) is 87.7 Å². The van der Waals surface area contributed by atoms with E-state index in [9.17, 15) is 4.79 Å². The third-order valence-corrected chi connectivity index (χ3v) is 3.17. The Kier molecular flexibility index (Phi) is 4.58. The van der Waals surface area contributed by atoms with Crippen LogP contribution in [0.2, 0.25) is 0 Å². The summed E-state index contributed by atoms with van der Waals surface area (Å²) in [5.41, 5.74) is 5.42. The summed E-state index contributed by atoms with van der Waals surface area (Å²) in [6, 6.07) is -0.0374. The van der Waals surface area contributed by atoms with Crippen molar-refractivity contribution >= 4 is 11.7 Å². The molecule has 1 aliphatic rings. The number of amidine groups is 1. The predicted octanol–water partition coefficient (Wildman–Crippen LogP) is 1.06. The molecule has 5 heteroatoms. The zero-order valence-electron chi connectivity index (χ0n) is 9.94. The zero-order chi connectivity index (χ0) is 12.1. The summed E-state index contributed by atoms with van der Waals surface area (Å²) in [4.78, 5) is 11.8. The molecule has 1 saturated carbocycles. The van der Waals surface area contributed by atoms with E-state index in [1.165, 1.54) is 0 Å². The van der Waals surface area contributed by atoms with Gasteiger partial charge in [0, 0.05) is 18.4 Å². The van der Waals surface area contributed by atoms with E-state index in [0.29, 0.717) is 12.3 Å². The van der Waals surface area contributed by atoms with Gasteiger partial charge in [-0.2, -0.15) is 0 Å². The SMILES string of the molecule is CCC(CC(N)=NO)NC(=O)C(C)C1CC1. The van der Waals surface area contributed by atoms with Crippen molar-refractivity contribution in [3.8, 4) is 0 Å². The Bertz CT molecular complexity index is 274. The molecule has 1 aliphatic carbocycles. The molecule has 5 nitrogen and oxygen atoms in total. The van der Waals surface area contributed by atoms with Gasteiger partial charge in [0.05, 0.1) is 0 Å². The highest BCUT2D eigenvalue weighted by molar-refractivity contribution is 5.82. The van der Waals surface area contributed by atoms with Crippen molar-refractivity contribution in [3.63, 3.8) is 0 Å². The van der Waals surface area contributed by atoms with Gasteiger partial charge in [-0.25, -0.2) is 0 Å². The van der Waals surface area contributed by atoms with E-state index < -0.39 is 0 Å². The summed E-state index contributed by atoms with van der Waals surface area (Å²) < 4.78 is 0. The molecule has 0 bridgehead atoms. The second kappa shape index (κ2) is 5.72. The second-order valence-corrected chi connectivity index (χ2v) is 4.54. The van der Waals surface area contributed by atoms with Gasteiger partial charge in [0.15, 0.2) is 0 Å². The number of amides is 1. The van der Waals surface area contributed by atoms with Gasteiger partial charge in [-0.05, 0) is 25.2 Å². The Morgan fingerprint density at radius 2 is 2.25 bits per heavy atom. The van der Waals surface area contributed by atoms with Gasteiger partial charge in [0.1, 0.15) is 5.84 Å². The maximum atomic E-state index is 11.8. The average Bonchev–Trinajstić information content (AvgIpc) is 3.10. The Morgan fingerprint density at radius 3 is 2.69 bits per heavy atom. The van der Waals surface area contributed by atoms with Crippen LogP contribution in [-0.2, 0) is 4.79 Å². The number of oxime groups is 1. The number of nitrogens with one attached hydrogen (secondary N) is 1. The number of nitrogens with zero attached hydrogens (tertiary/aromatic N) is 1. The third-order valence-electron chi connectivity index (χ3n) is 3.17. The Morgan fingerprint density at radius 1 is 1.62 bits per heavy atom. The van der Waals surface area contributed by atoms with Crippen molar-refractivity contribution in [2.24, 2.45) is 22.7 Å². The number of rotatable bonds is 6. The van der Waals surface area contributed by atoms with Crippen LogP contribution in [-0.4, -0.2) is 23.0 Å². The zero-order valence-corrected chi connectivity index (χ0v) is 9.94. The van der Waals surface area contributed by atoms with Crippen molar-refractivity contribution in [3.05, 3.63) is 0 Å². The highest BCUT2D eigenvalue weighted by Crippen LogP contribution is 2.36. The maximum Gasteiger partial charge on any atom is 0.223 e. The van der Waals surface area contributed by atoms with Gasteiger partial charge in [0.2, 0.25) is 5.91 Å². The van der Waals surface area contributed by atoms with Crippen molar-refractivity contribution in [1.29, 1.82) is 0 Å². The van der Waals surface area contributed by atoms with Crippen molar-refractivity contribution < 1.29 is 10.0 Å². The molecule has 0 aromatic carbocycles. The van der Waals surface area contributed by atoms with Crippen LogP contribution in [0.5, 0.6) is 0 Å². The first-order valence-corrected chi connectivity index (χ1v) is 5.85. The normalized spacial score (nSPS) is 20.2. The van der Waals surface area contributed by atoms with Crippen LogP contribution >= 0.6 is 0 Å². The standard InChI is InChI=1S/C11H21N3O2/c1-3-9(6-10(12)14-16)13-11(15)7(2)8-4-5-8/h7-9,16H,3-6H2,1-2H3,(H2,12,14)(H,13,15). The minimum Gasteiger partial charge on any atom is -0.409 e. The Balaban J connectivity index is 2.39. The summed E-state index contributed by atoms with van der Waals surface area (Å²) in [6.45, 7) is 3.93. The van der Waals surface area contributed by atoms with Crippen molar-refractivity contribution in [2.45, 2.75) is 45.6 Å². The lowest BCUT2D eigenvalue weighted by atomic mass is 10.0. The molecule has 0 saturated heterocycles. The molecule has 0 radical (unpaired) electrons. The van der Waals surface area contributed by atoms with Crippen LogP contribution in [0.4, 0.5) is 0 Å². The highest BCUT2D eigenvalue weighted by atomic mass is 16.4. The number of carbonyl (C=O) groups excluding carboxylic acids is 1. The van der Waals surface area contributed by atoms with Gasteiger partial charge >= 0.3 is 0 Å². The first kappa shape index (κ1) is 12.8. The Labute approximate surface area is 96.1 Å². The number of hydrogen-bond acceptors (Lipinski definition) is 3. The quantitative estimate of drug-likeness (QED) is 0.274. The fourth-order valence-corrected chi connectivity index (χ4v) is 1.73. The first-order valence-electron chi connectivity index (χ1n) is 5.85. The van der Waals surface area contributed by atoms with Gasteiger partial charge < -0.3 is 16.3 Å². The molecule has 2 atom stereocenters. The van der Waals surface area contributed by atoms with E-state index >= 15 is 0 Å². The largest absolute Gasteiger partial charge is 0.409 e. The lowest BCUT2D eigenvalue weighted by Gasteiger charge is -2.19. The second-order valence-electron chi connectivity index (χ2n) is 4.54. The highest BCUT2D eigenvalue weighted by Gasteiger charge is 2.33. The van der Waals surface area contributed by atoms with Gasteiger partial charge in [-0.15, -0.1) is 0 Å². The molecule has 16 heavy (non-hydrogen) atoms. The fraction of sp³-hybridized carbons (Fsp3) is 0.818. The summed E-state index contributed by atoms with van der Waals surface area (Å²) in [6.07, 6.45) is 3.49. The van der Waals surface area contributed by atoms with Crippen LogP contribution in [0.3, 0.4) is 0 Å². The predicted molar refractivity (Wildman–Crippen MR) is 62.1 cm³/mol. The first-order chi connectivity index (χ1) is 7.58. The monoisotopic (exact) mass is 227 g/mol. The summed E-state index contributed by atoms with van der Waals surface area (Å²) >= 11 is 0. The summed E-state index contributed by atoms with van der Waals surface area (Å²) in [7, 11) is 0. The molecule has 0 aromatic rings. The van der Waals surface area contributed by atoms with Crippen molar-refractivity contribution in [2.75, 3.05) is 0 Å². The molecule has 0 heterocycles. The molecular formula is C11H21N3O2. The van der Waals surface area contributed by atoms with E-state index in [1.807, 2.05) is 13.8 Å². The summed E-state index contributed by atoms with van der Waals surface area (Å²) in [5.74, 6) is 0.883. The van der Waals surface area contributed by atoms with Gasteiger partial charge in [0.25, 0.3) is 0 Å². The minimum atomic E-state index is -0.0374. The smallest absolute Gasteiger partial charge is 0.223 e. The number of hydrogen-bond donors (Lipinski definition) is 3.